The number of aromatic nitrogens is 4. The quantitative estimate of drug-likeness (QED) is 0.346. The third kappa shape index (κ3) is 4.44. The van der Waals surface area contributed by atoms with E-state index in [4.69, 9.17) is 0 Å². The largest absolute Gasteiger partial charge is 0.385 e. The van der Waals surface area contributed by atoms with Gasteiger partial charge < -0.3 is 5.32 Å². The average molecular weight is 514 g/mol. The minimum Gasteiger partial charge on any atom is -0.385 e. The fraction of sp³-hybridized carbons (Fsp3) is 0.370. The van der Waals surface area contributed by atoms with Crippen LogP contribution >= 0.6 is 0 Å². The van der Waals surface area contributed by atoms with Gasteiger partial charge in [-0.3, -0.25) is 34.1 Å². The summed E-state index contributed by atoms with van der Waals surface area (Å²) in [6, 6.07) is 6.32. The summed E-state index contributed by atoms with van der Waals surface area (Å²) < 4.78 is 2.02. The second-order valence-corrected chi connectivity index (χ2v) is 10.0. The van der Waals surface area contributed by atoms with Crippen molar-refractivity contribution in [3.8, 4) is 11.4 Å². The predicted molar refractivity (Wildman–Crippen MR) is 136 cm³/mol. The molecule has 1 saturated heterocycles. The predicted octanol–water partition coefficient (Wildman–Crippen LogP) is 2.58. The number of rotatable bonds is 8. The number of anilines is 1. The van der Waals surface area contributed by atoms with E-state index in [1.807, 2.05) is 17.1 Å². The maximum Gasteiger partial charge on any atom is 0.262 e. The molecule has 38 heavy (non-hydrogen) atoms. The van der Waals surface area contributed by atoms with Crippen LogP contribution in [0.4, 0.5) is 5.69 Å². The fourth-order valence-electron chi connectivity index (χ4n) is 5.46. The molecule has 2 aromatic heterocycles. The van der Waals surface area contributed by atoms with Crippen LogP contribution in [0.1, 0.15) is 65.3 Å². The van der Waals surface area contributed by atoms with Gasteiger partial charge in [-0.15, -0.1) is 0 Å². The monoisotopic (exact) mass is 513 g/mol. The SMILES string of the molecule is O=C1CCC(N2C(=O)c3ccc(NCCC[C@H]4C[C@H](n5cc(-c6ncccn6)cn5)C4)cc3C2=O)C(=O)N1. The molecule has 1 unspecified atom stereocenters. The first-order chi connectivity index (χ1) is 18.5. The number of nitrogens with zero attached hydrogens (tertiary/aromatic N) is 5. The normalized spacial score (nSPS) is 22.7. The van der Waals surface area contributed by atoms with Crippen LogP contribution in [-0.2, 0) is 9.59 Å². The molecule has 4 heterocycles. The van der Waals surface area contributed by atoms with Crippen molar-refractivity contribution < 1.29 is 19.2 Å². The molecule has 1 saturated carbocycles. The lowest BCUT2D eigenvalue weighted by Crippen LogP contribution is -2.54. The van der Waals surface area contributed by atoms with Crippen molar-refractivity contribution in [1.29, 1.82) is 0 Å². The molecular formula is C27H27N7O4. The molecule has 3 aromatic rings. The molecule has 0 radical (unpaired) electrons. The standard InChI is InChI=1S/C27H27N7O4/c35-23-7-6-22(25(36)32-23)34-26(37)20-5-4-18(13-21(20)27(34)38)28-8-1-3-16-11-19(12-16)33-15-17(14-31-33)24-29-9-2-10-30-24/h2,4-5,9-10,13-16,19,22,28H,1,3,6-8,11-12H2,(H,32,35,36)/t16-,19-,22?. The minimum atomic E-state index is -0.956. The third-order valence-corrected chi connectivity index (χ3v) is 7.57. The molecule has 1 aliphatic carbocycles. The summed E-state index contributed by atoms with van der Waals surface area (Å²) in [7, 11) is 0. The van der Waals surface area contributed by atoms with Crippen LogP contribution in [0.5, 0.6) is 0 Å². The Morgan fingerprint density at radius 2 is 1.82 bits per heavy atom. The van der Waals surface area contributed by atoms with E-state index in [1.165, 1.54) is 0 Å². The number of carbonyl (C=O) groups excluding carboxylic acids is 4. The van der Waals surface area contributed by atoms with E-state index in [0.717, 1.165) is 48.4 Å². The van der Waals surface area contributed by atoms with Crippen molar-refractivity contribution >= 4 is 29.3 Å². The zero-order chi connectivity index (χ0) is 26.2. The van der Waals surface area contributed by atoms with Crippen LogP contribution in [0, 0.1) is 5.92 Å². The summed E-state index contributed by atoms with van der Waals surface area (Å²) in [4.78, 5) is 59.0. The maximum absolute atomic E-state index is 13.0. The van der Waals surface area contributed by atoms with E-state index < -0.39 is 23.8 Å². The molecule has 3 aliphatic rings. The first-order valence-electron chi connectivity index (χ1n) is 12.9. The first kappa shape index (κ1) is 24.0. The molecule has 2 aliphatic heterocycles. The highest BCUT2D eigenvalue weighted by atomic mass is 16.2. The van der Waals surface area contributed by atoms with E-state index in [-0.39, 0.29) is 29.9 Å². The first-order valence-corrected chi connectivity index (χ1v) is 12.9. The molecule has 11 nitrogen and oxygen atoms in total. The van der Waals surface area contributed by atoms with Gasteiger partial charge in [0.1, 0.15) is 6.04 Å². The van der Waals surface area contributed by atoms with Gasteiger partial charge in [0.25, 0.3) is 11.8 Å². The Morgan fingerprint density at radius 3 is 2.61 bits per heavy atom. The van der Waals surface area contributed by atoms with Crippen LogP contribution in [0.3, 0.4) is 0 Å². The Balaban J connectivity index is 0.976. The summed E-state index contributed by atoms with van der Waals surface area (Å²) in [5.41, 5.74) is 2.25. The number of carbonyl (C=O) groups is 4. The van der Waals surface area contributed by atoms with Crippen LogP contribution in [0.2, 0.25) is 0 Å². The zero-order valence-electron chi connectivity index (χ0n) is 20.7. The summed E-state index contributed by atoms with van der Waals surface area (Å²) in [5, 5.41) is 10.1. The van der Waals surface area contributed by atoms with Crippen molar-refractivity contribution in [3.05, 3.63) is 60.2 Å². The van der Waals surface area contributed by atoms with E-state index in [1.54, 1.807) is 36.7 Å². The van der Waals surface area contributed by atoms with Crippen molar-refractivity contribution in [1.82, 2.24) is 30.0 Å². The van der Waals surface area contributed by atoms with Gasteiger partial charge in [-0.05, 0) is 62.3 Å². The van der Waals surface area contributed by atoms with Gasteiger partial charge in [0.15, 0.2) is 5.82 Å². The zero-order valence-corrected chi connectivity index (χ0v) is 20.7. The maximum atomic E-state index is 13.0. The van der Waals surface area contributed by atoms with Crippen molar-refractivity contribution in [3.63, 3.8) is 0 Å². The number of amides is 4. The number of imide groups is 2. The lowest BCUT2D eigenvalue weighted by atomic mass is 9.77. The van der Waals surface area contributed by atoms with Gasteiger partial charge in [0, 0.05) is 37.2 Å². The highest BCUT2D eigenvalue weighted by molar-refractivity contribution is 6.23. The minimum absolute atomic E-state index is 0.101. The Bertz CT molecular complexity index is 1410. The molecule has 2 fully saturated rings. The molecule has 194 valence electrons. The molecule has 0 bridgehead atoms. The van der Waals surface area contributed by atoms with Crippen LogP contribution < -0.4 is 10.6 Å². The summed E-state index contributed by atoms with van der Waals surface area (Å²) in [6.45, 7) is 0.746. The number of fused-ring (bicyclic) bond motifs is 1. The average Bonchev–Trinajstić information content (AvgIpc) is 3.47. The van der Waals surface area contributed by atoms with Gasteiger partial charge in [-0.25, -0.2) is 9.97 Å². The topological polar surface area (TPSA) is 139 Å². The highest BCUT2D eigenvalue weighted by Gasteiger charge is 2.44. The molecule has 0 spiro atoms. The molecule has 6 rings (SSSR count). The van der Waals surface area contributed by atoms with Crippen molar-refractivity contribution in [2.24, 2.45) is 5.92 Å². The molecule has 1 atom stereocenters. The molecule has 11 heteroatoms. The summed E-state index contributed by atoms with van der Waals surface area (Å²) in [6.07, 6.45) is 11.8. The lowest BCUT2D eigenvalue weighted by molar-refractivity contribution is -0.136. The van der Waals surface area contributed by atoms with E-state index >= 15 is 0 Å². The number of nitrogens with one attached hydrogen (secondary N) is 2. The number of piperidine rings is 1. The van der Waals surface area contributed by atoms with Crippen LogP contribution in [0.25, 0.3) is 11.4 Å². The second kappa shape index (κ2) is 9.81. The van der Waals surface area contributed by atoms with Gasteiger partial charge in [0.05, 0.1) is 28.9 Å². The lowest BCUT2D eigenvalue weighted by Gasteiger charge is -2.35. The molecule has 1 aromatic carbocycles. The van der Waals surface area contributed by atoms with E-state index in [0.29, 0.717) is 17.8 Å². The molecule has 2 N–H and O–H groups in total. The number of hydrogen-bond donors (Lipinski definition) is 2. The van der Waals surface area contributed by atoms with Gasteiger partial charge in [-0.2, -0.15) is 5.10 Å². The van der Waals surface area contributed by atoms with Crippen LogP contribution in [-0.4, -0.2) is 60.9 Å². The Kier molecular flexibility index (Phi) is 6.18. The van der Waals surface area contributed by atoms with Gasteiger partial charge >= 0.3 is 0 Å². The van der Waals surface area contributed by atoms with E-state index in [9.17, 15) is 19.2 Å². The fourth-order valence-corrected chi connectivity index (χ4v) is 5.46. The third-order valence-electron chi connectivity index (χ3n) is 7.57. The number of benzene rings is 1. The highest BCUT2D eigenvalue weighted by Crippen LogP contribution is 2.40. The van der Waals surface area contributed by atoms with Crippen molar-refractivity contribution in [2.75, 3.05) is 11.9 Å². The van der Waals surface area contributed by atoms with Gasteiger partial charge in [-0.1, -0.05) is 0 Å². The molecular weight excluding hydrogens is 486 g/mol. The van der Waals surface area contributed by atoms with E-state index in [2.05, 4.69) is 25.7 Å². The van der Waals surface area contributed by atoms with Crippen molar-refractivity contribution in [2.45, 2.75) is 50.6 Å². The Hall–Kier alpha value is -4.41. The van der Waals surface area contributed by atoms with Crippen LogP contribution in [0.15, 0.2) is 49.1 Å². The second-order valence-electron chi connectivity index (χ2n) is 10.0. The smallest absolute Gasteiger partial charge is 0.262 e. The summed E-state index contributed by atoms with van der Waals surface area (Å²) in [5.74, 6) is -0.660. The Labute approximate surface area is 218 Å². The summed E-state index contributed by atoms with van der Waals surface area (Å²) >= 11 is 0. The Morgan fingerprint density at radius 1 is 1.03 bits per heavy atom. The van der Waals surface area contributed by atoms with Gasteiger partial charge in [0.2, 0.25) is 11.8 Å². The molecule has 4 amide bonds. The number of hydrogen-bond acceptors (Lipinski definition) is 8.